The van der Waals surface area contributed by atoms with E-state index in [-0.39, 0.29) is 31.3 Å². The van der Waals surface area contributed by atoms with E-state index in [9.17, 15) is 19.5 Å². The zero-order valence-corrected chi connectivity index (χ0v) is 20.0. The first-order chi connectivity index (χ1) is 16.4. The van der Waals surface area contributed by atoms with E-state index < -0.39 is 23.7 Å². The van der Waals surface area contributed by atoms with Crippen LogP contribution < -0.4 is 9.64 Å². The van der Waals surface area contributed by atoms with Gasteiger partial charge in [0.25, 0.3) is 5.91 Å². The number of hydrogen-bond acceptors (Lipinski definition) is 6. The molecule has 1 aliphatic heterocycles. The average Bonchev–Trinajstić information content (AvgIpc) is 3.45. The van der Waals surface area contributed by atoms with Crippen LogP contribution in [0, 0.1) is 11.8 Å². The third-order valence-electron chi connectivity index (χ3n) is 5.85. The summed E-state index contributed by atoms with van der Waals surface area (Å²) >= 11 is 1.60. The Bertz CT molecular complexity index is 1170. The number of ketones is 2. The van der Waals surface area contributed by atoms with E-state index >= 15 is 0 Å². The second kappa shape index (κ2) is 10.3. The number of para-hydroxylation sites is 1. The first kappa shape index (κ1) is 23.9. The molecule has 3 aromatic rings. The lowest BCUT2D eigenvalue weighted by molar-refractivity contribution is -0.139. The first-order valence-corrected chi connectivity index (χ1v) is 12.2. The number of benzene rings is 2. The van der Waals surface area contributed by atoms with Crippen LogP contribution in [0.4, 0.5) is 5.69 Å². The molecular formula is C27H27NO5S. The largest absolute Gasteiger partial charge is 0.491 e. The summed E-state index contributed by atoms with van der Waals surface area (Å²) in [5.74, 6) is -2.29. The second-order valence-electron chi connectivity index (χ2n) is 8.69. The van der Waals surface area contributed by atoms with Gasteiger partial charge in [-0.2, -0.15) is 11.3 Å². The zero-order chi connectivity index (χ0) is 24.2. The quantitative estimate of drug-likeness (QED) is 0.358. The molecule has 7 heteroatoms. The van der Waals surface area contributed by atoms with E-state index in [0.29, 0.717) is 17.0 Å². The molecule has 0 spiro atoms. The van der Waals surface area contributed by atoms with Gasteiger partial charge in [-0.15, -0.1) is 0 Å². The maximum absolute atomic E-state index is 13.3. The van der Waals surface area contributed by atoms with Gasteiger partial charge >= 0.3 is 0 Å². The molecule has 6 nitrogen and oxygen atoms in total. The monoisotopic (exact) mass is 477 g/mol. The summed E-state index contributed by atoms with van der Waals surface area (Å²) in [7, 11) is 0. The molecule has 1 saturated heterocycles. The number of anilines is 1. The molecule has 2 aromatic carbocycles. The van der Waals surface area contributed by atoms with Gasteiger partial charge in [0, 0.05) is 17.7 Å². The van der Waals surface area contributed by atoms with Crippen LogP contribution in [-0.2, 0) is 14.4 Å². The number of rotatable bonds is 9. The summed E-state index contributed by atoms with van der Waals surface area (Å²) in [6.07, 6.45) is 0.199. The Morgan fingerprint density at radius 3 is 2.44 bits per heavy atom. The van der Waals surface area contributed by atoms with Crippen molar-refractivity contribution in [2.45, 2.75) is 26.3 Å². The van der Waals surface area contributed by atoms with Gasteiger partial charge < -0.3 is 9.84 Å². The average molecular weight is 478 g/mol. The smallest absolute Gasteiger partial charge is 0.295 e. The minimum Gasteiger partial charge on any atom is -0.491 e. The number of nitrogens with zero attached hydrogens (tertiary/aromatic N) is 1. The minimum atomic E-state index is -1.12. The number of Topliss-reactive ketones (excluding diaryl/α,β-unsaturated/α-hetero) is 2. The summed E-state index contributed by atoms with van der Waals surface area (Å²) in [5, 5.41) is 13.3. The molecule has 0 saturated carbocycles. The van der Waals surface area contributed by atoms with Gasteiger partial charge in [0.05, 0.1) is 12.6 Å². The highest BCUT2D eigenvalue weighted by molar-refractivity contribution is 7.08. The van der Waals surface area contributed by atoms with Crippen molar-refractivity contribution < 1.29 is 24.2 Å². The lowest BCUT2D eigenvalue weighted by Gasteiger charge is -2.29. The zero-order valence-electron chi connectivity index (χ0n) is 19.1. The van der Waals surface area contributed by atoms with Gasteiger partial charge in [0.1, 0.15) is 24.1 Å². The van der Waals surface area contributed by atoms with E-state index in [2.05, 4.69) is 0 Å². The van der Waals surface area contributed by atoms with Gasteiger partial charge in [0.2, 0.25) is 5.78 Å². The van der Waals surface area contributed by atoms with Crippen LogP contribution in [0.5, 0.6) is 5.75 Å². The van der Waals surface area contributed by atoms with Gasteiger partial charge in [-0.1, -0.05) is 44.2 Å². The van der Waals surface area contributed by atoms with Crippen molar-refractivity contribution in [2.75, 3.05) is 18.1 Å². The number of thiophene rings is 1. The summed E-state index contributed by atoms with van der Waals surface area (Å²) in [4.78, 5) is 41.1. The van der Waals surface area contributed by atoms with E-state index in [1.54, 1.807) is 47.7 Å². The maximum atomic E-state index is 13.3. The van der Waals surface area contributed by atoms with Crippen molar-refractivity contribution in [1.82, 2.24) is 0 Å². The number of hydrogen-bond donors (Lipinski definition) is 1. The summed E-state index contributed by atoms with van der Waals surface area (Å²) in [6, 6.07) is 15.7. The lowest BCUT2D eigenvalue weighted by Crippen LogP contribution is -2.31. The van der Waals surface area contributed by atoms with Crippen molar-refractivity contribution in [3.63, 3.8) is 0 Å². The number of aliphatic hydroxyl groups excluding tert-OH is 1. The van der Waals surface area contributed by atoms with E-state index in [1.165, 1.54) is 4.90 Å². The standard InChI is InChI=1S/C27H27NO5S/c1-17(2)15-22(30)24-25(21-5-3-4-6-23(21)33-13-12-29)28(27(32)26(24)31)20-9-7-18(8-10-20)19-11-14-34-16-19/h3-11,14,16-17,24-25,29H,12-13,15H2,1-2H3. The van der Waals surface area contributed by atoms with Crippen molar-refractivity contribution in [1.29, 1.82) is 0 Å². The molecule has 0 bridgehead atoms. The number of carbonyl (C=O) groups is 3. The van der Waals surface area contributed by atoms with Gasteiger partial charge in [-0.25, -0.2) is 0 Å². The van der Waals surface area contributed by atoms with Crippen molar-refractivity contribution in [3.05, 3.63) is 70.9 Å². The molecule has 1 N–H and O–H groups in total. The van der Waals surface area contributed by atoms with Crippen molar-refractivity contribution in [2.24, 2.45) is 11.8 Å². The molecule has 1 fully saturated rings. The fraction of sp³-hybridized carbons (Fsp3) is 0.296. The molecule has 1 aromatic heterocycles. The summed E-state index contributed by atoms with van der Waals surface area (Å²) < 4.78 is 5.72. The van der Waals surface area contributed by atoms with Crippen LogP contribution in [0.3, 0.4) is 0 Å². The molecule has 2 heterocycles. The molecule has 1 aliphatic rings. The second-order valence-corrected chi connectivity index (χ2v) is 9.48. The van der Waals surface area contributed by atoms with Crippen LogP contribution in [0.25, 0.3) is 11.1 Å². The van der Waals surface area contributed by atoms with Gasteiger partial charge in [-0.05, 0) is 52.1 Å². The molecule has 4 rings (SSSR count). The Morgan fingerprint density at radius 2 is 1.79 bits per heavy atom. The topological polar surface area (TPSA) is 83.9 Å². The van der Waals surface area contributed by atoms with Crippen molar-refractivity contribution in [3.8, 4) is 16.9 Å². The van der Waals surface area contributed by atoms with E-state index in [4.69, 9.17) is 4.74 Å². The predicted octanol–water partition coefficient (Wildman–Crippen LogP) is 4.67. The highest BCUT2D eigenvalue weighted by Gasteiger charge is 2.52. The molecule has 1 amide bonds. The number of amides is 1. The first-order valence-electron chi connectivity index (χ1n) is 11.3. The van der Waals surface area contributed by atoms with Crippen LogP contribution in [0.2, 0.25) is 0 Å². The van der Waals surface area contributed by atoms with Crippen LogP contribution in [-0.4, -0.2) is 35.8 Å². The predicted molar refractivity (Wildman–Crippen MR) is 132 cm³/mol. The minimum absolute atomic E-state index is 0.0517. The third-order valence-corrected chi connectivity index (χ3v) is 6.53. The Hall–Kier alpha value is -3.29. The normalized spacial score (nSPS) is 18.1. The molecule has 0 radical (unpaired) electrons. The molecule has 176 valence electrons. The maximum Gasteiger partial charge on any atom is 0.295 e. The Balaban J connectivity index is 1.80. The fourth-order valence-electron chi connectivity index (χ4n) is 4.37. The number of ether oxygens (including phenoxy) is 1. The van der Waals surface area contributed by atoms with Gasteiger partial charge in [-0.3, -0.25) is 19.3 Å². The SMILES string of the molecule is CC(C)CC(=O)C1C(=O)C(=O)N(c2ccc(-c3ccsc3)cc2)C1c1ccccc1OCCO. The Morgan fingerprint density at radius 1 is 1.06 bits per heavy atom. The van der Waals surface area contributed by atoms with Crippen molar-refractivity contribution >= 4 is 34.5 Å². The lowest BCUT2D eigenvalue weighted by atomic mass is 9.85. The van der Waals surface area contributed by atoms with Crippen LogP contribution in [0.15, 0.2) is 65.4 Å². The van der Waals surface area contributed by atoms with Crippen LogP contribution >= 0.6 is 11.3 Å². The molecule has 2 unspecified atom stereocenters. The van der Waals surface area contributed by atoms with E-state index in [1.807, 2.05) is 42.8 Å². The number of carbonyl (C=O) groups excluding carboxylic acids is 3. The summed E-state index contributed by atoms with van der Waals surface area (Å²) in [6.45, 7) is 3.70. The fourth-order valence-corrected chi connectivity index (χ4v) is 5.04. The summed E-state index contributed by atoms with van der Waals surface area (Å²) in [5.41, 5.74) is 3.18. The van der Waals surface area contributed by atoms with Crippen LogP contribution in [0.1, 0.15) is 31.9 Å². The highest BCUT2D eigenvalue weighted by Crippen LogP contribution is 2.44. The van der Waals surface area contributed by atoms with Gasteiger partial charge in [0.15, 0.2) is 0 Å². The number of aliphatic hydroxyl groups is 1. The molecular weight excluding hydrogens is 450 g/mol. The molecule has 2 atom stereocenters. The Labute approximate surface area is 202 Å². The highest BCUT2D eigenvalue weighted by atomic mass is 32.1. The Kier molecular flexibility index (Phi) is 7.24. The third kappa shape index (κ3) is 4.67. The molecule has 34 heavy (non-hydrogen) atoms. The van der Waals surface area contributed by atoms with E-state index in [0.717, 1.165) is 11.1 Å². The molecule has 0 aliphatic carbocycles.